The van der Waals surface area contributed by atoms with Crippen LogP contribution in [0.4, 0.5) is 0 Å². The Balaban J connectivity index is 1.57. The molecule has 1 aromatic rings. The van der Waals surface area contributed by atoms with Crippen molar-refractivity contribution in [3.05, 3.63) is 28.3 Å². The van der Waals surface area contributed by atoms with Crippen molar-refractivity contribution in [3.8, 4) is 5.75 Å². The Morgan fingerprint density at radius 1 is 1.26 bits per heavy atom. The minimum absolute atomic E-state index is 0.0364. The van der Waals surface area contributed by atoms with Crippen LogP contribution >= 0.6 is 11.6 Å². The zero-order valence-electron chi connectivity index (χ0n) is 16.7. The summed E-state index contributed by atoms with van der Waals surface area (Å²) in [6.45, 7) is 4.33. The molecule has 4 rings (SSSR count). The SMILES string of the molecule is CCC1(CC)CCc2cc(Cl)cc(C(=O)NC3CC4CCC(C3)N4C)c2O1. The number of carbonyl (C=O) groups excluding carboxylic acids is 1. The first-order valence-corrected chi connectivity index (χ1v) is 10.9. The third-order valence-corrected chi connectivity index (χ3v) is 7.48. The highest BCUT2D eigenvalue weighted by Gasteiger charge is 2.40. The molecule has 0 spiro atoms. The number of nitrogens with zero attached hydrogens (tertiary/aromatic N) is 1. The Kier molecular flexibility index (Phi) is 5.15. The van der Waals surface area contributed by atoms with E-state index in [1.807, 2.05) is 6.07 Å². The summed E-state index contributed by atoms with van der Waals surface area (Å²) < 4.78 is 6.46. The molecule has 0 saturated carbocycles. The topological polar surface area (TPSA) is 41.6 Å². The Labute approximate surface area is 167 Å². The number of piperidine rings is 1. The van der Waals surface area contributed by atoms with E-state index in [0.29, 0.717) is 22.7 Å². The highest BCUT2D eigenvalue weighted by atomic mass is 35.5. The van der Waals surface area contributed by atoms with Crippen molar-refractivity contribution in [1.29, 1.82) is 0 Å². The maximum Gasteiger partial charge on any atom is 0.255 e. The van der Waals surface area contributed by atoms with Crippen molar-refractivity contribution in [2.24, 2.45) is 0 Å². The molecule has 0 radical (unpaired) electrons. The zero-order valence-corrected chi connectivity index (χ0v) is 17.4. The lowest BCUT2D eigenvalue weighted by Crippen LogP contribution is -2.49. The van der Waals surface area contributed by atoms with Crippen molar-refractivity contribution >= 4 is 17.5 Å². The molecule has 2 fully saturated rings. The normalized spacial score (nSPS) is 29.1. The van der Waals surface area contributed by atoms with E-state index in [1.54, 1.807) is 6.07 Å². The van der Waals surface area contributed by atoms with Gasteiger partial charge in [-0.1, -0.05) is 25.4 Å². The Hall–Kier alpha value is -1.26. The lowest BCUT2D eigenvalue weighted by atomic mass is 9.86. The summed E-state index contributed by atoms with van der Waals surface area (Å²) >= 11 is 6.34. The lowest BCUT2D eigenvalue weighted by molar-refractivity contribution is 0.0368. The molecule has 2 unspecified atom stereocenters. The van der Waals surface area contributed by atoms with Gasteiger partial charge in [0.15, 0.2) is 0 Å². The number of nitrogens with one attached hydrogen (secondary N) is 1. The van der Waals surface area contributed by atoms with Gasteiger partial charge in [0.2, 0.25) is 0 Å². The van der Waals surface area contributed by atoms with Gasteiger partial charge in [-0.2, -0.15) is 0 Å². The van der Waals surface area contributed by atoms with E-state index < -0.39 is 0 Å². The summed E-state index contributed by atoms with van der Waals surface area (Å²) in [4.78, 5) is 15.7. The molecule has 2 atom stereocenters. The molecular weight excluding hydrogens is 360 g/mol. The second kappa shape index (κ2) is 7.29. The largest absolute Gasteiger partial charge is 0.486 e. The number of hydrogen-bond acceptors (Lipinski definition) is 3. The van der Waals surface area contributed by atoms with E-state index in [4.69, 9.17) is 16.3 Å². The molecule has 3 aliphatic rings. The minimum atomic E-state index is -0.164. The predicted octanol–water partition coefficient (Wildman–Crippen LogP) is 4.58. The van der Waals surface area contributed by atoms with E-state index >= 15 is 0 Å². The van der Waals surface area contributed by atoms with Crippen LogP contribution in [0.2, 0.25) is 5.02 Å². The van der Waals surface area contributed by atoms with Gasteiger partial charge in [-0.15, -0.1) is 0 Å². The summed E-state index contributed by atoms with van der Waals surface area (Å²) in [5.74, 6) is 0.716. The van der Waals surface area contributed by atoms with E-state index in [-0.39, 0.29) is 17.6 Å². The Bertz CT molecular complexity index is 717. The minimum Gasteiger partial charge on any atom is -0.486 e. The Morgan fingerprint density at radius 3 is 2.56 bits per heavy atom. The zero-order chi connectivity index (χ0) is 19.2. The smallest absolute Gasteiger partial charge is 0.255 e. The van der Waals surface area contributed by atoms with Crippen LogP contribution in [-0.4, -0.2) is 41.6 Å². The quantitative estimate of drug-likeness (QED) is 0.818. The number of ether oxygens (including phenoxy) is 1. The fraction of sp³-hybridized carbons (Fsp3) is 0.682. The number of halogens is 1. The van der Waals surface area contributed by atoms with Crippen molar-refractivity contribution in [3.63, 3.8) is 0 Å². The van der Waals surface area contributed by atoms with Gasteiger partial charge in [-0.3, -0.25) is 4.79 Å². The van der Waals surface area contributed by atoms with Gasteiger partial charge in [0, 0.05) is 23.1 Å². The first-order valence-electron chi connectivity index (χ1n) is 10.5. The van der Waals surface area contributed by atoms with Crippen LogP contribution in [0.3, 0.4) is 0 Å². The van der Waals surface area contributed by atoms with Gasteiger partial charge in [-0.25, -0.2) is 0 Å². The lowest BCUT2D eigenvalue weighted by Gasteiger charge is -2.39. The highest BCUT2D eigenvalue weighted by molar-refractivity contribution is 6.31. The molecule has 5 heteroatoms. The van der Waals surface area contributed by atoms with E-state index in [0.717, 1.165) is 49.8 Å². The monoisotopic (exact) mass is 390 g/mol. The van der Waals surface area contributed by atoms with Crippen molar-refractivity contribution < 1.29 is 9.53 Å². The van der Waals surface area contributed by atoms with Crippen LogP contribution in [-0.2, 0) is 6.42 Å². The molecular formula is C22H31ClN2O2. The first kappa shape index (κ1) is 19.1. The molecule has 148 valence electrons. The summed E-state index contributed by atoms with van der Waals surface area (Å²) in [7, 11) is 2.22. The Morgan fingerprint density at radius 2 is 1.93 bits per heavy atom. The number of hydrogen-bond donors (Lipinski definition) is 1. The number of aryl methyl sites for hydroxylation is 1. The van der Waals surface area contributed by atoms with Crippen LogP contribution in [0.15, 0.2) is 12.1 Å². The summed E-state index contributed by atoms with van der Waals surface area (Å²) in [6.07, 6.45) is 8.36. The van der Waals surface area contributed by atoms with Gasteiger partial charge < -0.3 is 15.0 Å². The standard InChI is InChI=1S/C22H31ClN2O2/c1-4-22(5-2)9-8-14-10-15(23)11-19(20(14)27-22)21(26)24-16-12-17-6-7-18(13-16)25(17)3/h10-11,16-18H,4-9,12-13H2,1-3H3,(H,24,26). The van der Waals surface area contributed by atoms with Crippen LogP contribution in [0.5, 0.6) is 5.75 Å². The molecule has 2 bridgehead atoms. The number of fused-ring (bicyclic) bond motifs is 3. The number of carbonyl (C=O) groups is 1. The summed E-state index contributed by atoms with van der Waals surface area (Å²) in [5, 5.41) is 3.91. The maximum atomic E-state index is 13.2. The summed E-state index contributed by atoms with van der Waals surface area (Å²) in [6, 6.07) is 5.18. The van der Waals surface area contributed by atoms with Gasteiger partial charge in [-0.05, 0) is 76.1 Å². The van der Waals surface area contributed by atoms with Crippen molar-refractivity contribution in [1.82, 2.24) is 10.2 Å². The average molecular weight is 391 g/mol. The molecule has 1 N–H and O–H groups in total. The molecule has 0 aliphatic carbocycles. The van der Waals surface area contributed by atoms with E-state index in [1.165, 1.54) is 12.8 Å². The molecule has 4 nitrogen and oxygen atoms in total. The second-order valence-corrected chi connectivity index (χ2v) is 9.06. The van der Waals surface area contributed by atoms with Crippen molar-refractivity contribution in [2.75, 3.05) is 7.05 Å². The molecule has 2 saturated heterocycles. The maximum absolute atomic E-state index is 13.2. The fourth-order valence-corrected chi connectivity index (χ4v) is 5.54. The molecule has 1 amide bonds. The van der Waals surface area contributed by atoms with Crippen LogP contribution in [0.25, 0.3) is 0 Å². The molecule has 0 aromatic heterocycles. The number of rotatable bonds is 4. The molecule has 1 aromatic carbocycles. The van der Waals surface area contributed by atoms with Crippen LogP contribution in [0.1, 0.15) is 74.7 Å². The molecule has 27 heavy (non-hydrogen) atoms. The summed E-state index contributed by atoms with van der Waals surface area (Å²) in [5.41, 5.74) is 1.51. The average Bonchev–Trinajstić information content (AvgIpc) is 2.88. The highest BCUT2D eigenvalue weighted by Crippen LogP contribution is 2.41. The number of amides is 1. The van der Waals surface area contributed by atoms with Gasteiger partial charge >= 0.3 is 0 Å². The molecule has 3 heterocycles. The first-order chi connectivity index (χ1) is 12.9. The van der Waals surface area contributed by atoms with Gasteiger partial charge in [0.25, 0.3) is 5.91 Å². The number of benzene rings is 1. The van der Waals surface area contributed by atoms with Crippen molar-refractivity contribution in [2.45, 2.75) is 88.9 Å². The molecule has 3 aliphatic heterocycles. The second-order valence-electron chi connectivity index (χ2n) is 8.63. The third kappa shape index (κ3) is 3.47. The third-order valence-electron chi connectivity index (χ3n) is 7.27. The van der Waals surface area contributed by atoms with Gasteiger partial charge in [0.05, 0.1) is 5.56 Å². The van der Waals surface area contributed by atoms with Crippen LogP contribution < -0.4 is 10.1 Å². The fourth-order valence-electron chi connectivity index (χ4n) is 5.30. The van der Waals surface area contributed by atoms with Crippen LogP contribution in [0, 0.1) is 0 Å². The van der Waals surface area contributed by atoms with Gasteiger partial charge in [0.1, 0.15) is 11.4 Å². The van der Waals surface area contributed by atoms with E-state index in [9.17, 15) is 4.79 Å². The van der Waals surface area contributed by atoms with E-state index in [2.05, 4.69) is 31.1 Å². The predicted molar refractivity (Wildman–Crippen MR) is 109 cm³/mol.